The van der Waals surface area contributed by atoms with Crippen LogP contribution in [0.25, 0.3) is 0 Å². The van der Waals surface area contributed by atoms with Gasteiger partial charge in [-0.25, -0.2) is 4.99 Å². The Labute approximate surface area is 120 Å². The van der Waals surface area contributed by atoms with Crippen molar-refractivity contribution in [2.24, 2.45) is 4.99 Å². The standard InChI is InChI=1S/C11H22N4O.HI/c1-3-7-13-10(16)8-14-11(12-4-2)15-9-5-6-9;/h9H,3-8H2,1-2H3,(H,13,16)(H2,12,14,15);1H. The minimum absolute atomic E-state index is 0. The highest BCUT2D eigenvalue weighted by Gasteiger charge is 2.22. The topological polar surface area (TPSA) is 65.5 Å². The Kier molecular flexibility index (Phi) is 9.20. The monoisotopic (exact) mass is 354 g/mol. The number of halogens is 1. The van der Waals surface area contributed by atoms with E-state index in [4.69, 9.17) is 0 Å². The van der Waals surface area contributed by atoms with Crippen molar-refractivity contribution < 1.29 is 4.79 Å². The van der Waals surface area contributed by atoms with Crippen molar-refractivity contribution in [3.05, 3.63) is 0 Å². The number of nitrogens with one attached hydrogen (secondary N) is 3. The zero-order valence-electron chi connectivity index (χ0n) is 10.6. The van der Waals surface area contributed by atoms with Crippen LogP contribution < -0.4 is 16.0 Å². The smallest absolute Gasteiger partial charge is 0.241 e. The average molecular weight is 354 g/mol. The summed E-state index contributed by atoms with van der Waals surface area (Å²) in [5, 5.41) is 9.18. The predicted molar refractivity (Wildman–Crippen MR) is 80.9 cm³/mol. The van der Waals surface area contributed by atoms with Gasteiger partial charge in [0.2, 0.25) is 5.91 Å². The first-order valence-corrected chi connectivity index (χ1v) is 6.07. The minimum Gasteiger partial charge on any atom is -0.357 e. The Bertz CT molecular complexity index is 254. The summed E-state index contributed by atoms with van der Waals surface area (Å²) in [4.78, 5) is 15.6. The van der Waals surface area contributed by atoms with Crippen LogP contribution in [0.4, 0.5) is 0 Å². The molecule has 0 aromatic heterocycles. The van der Waals surface area contributed by atoms with Crippen molar-refractivity contribution in [3.63, 3.8) is 0 Å². The fourth-order valence-electron chi connectivity index (χ4n) is 1.21. The van der Waals surface area contributed by atoms with Gasteiger partial charge in [-0.05, 0) is 26.2 Å². The van der Waals surface area contributed by atoms with Crippen LogP contribution in [-0.2, 0) is 4.79 Å². The number of hydrogen-bond donors (Lipinski definition) is 3. The summed E-state index contributed by atoms with van der Waals surface area (Å²) in [7, 11) is 0. The summed E-state index contributed by atoms with van der Waals surface area (Å²) < 4.78 is 0. The van der Waals surface area contributed by atoms with E-state index >= 15 is 0 Å². The predicted octanol–water partition coefficient (Wildman–Crippen LogP) is 0.848. The number of aliphatic imine (C=N–C) groups is 1. The summed E-state index contributed by atoms with van der Waals surface area (Å²) in [6.45, 7) is 5.78. The third kappa shape index (κ3) is 8.23. The fraction of sp³-hybridized carbons (Fsp3) is 0.818. The van der Waals surface area contributed by atoms with E-state index in [1.54, 1.807) is 0 Å². The van der Waals surface area contributed by atoms with Crippen LogP contribution in [0.3, 0.4) is 0 Å². The molecule has 0 radical (unpaired) electrons. The molecule has 3 N–H and O–H groups in total. The van der Waals surface area contributed by atoms with Gasteiger partial charge >= 0.3 is 0 Å². The summed E-state index contributed by atoms with van der Waals surface area (Å²) in [5.74, 6) is 0.728. The van der Waals surface area contributed by atoms with Crippen LogP contribution in [0.15, 0.2) is 4.99 Å². The van der Waals surface area contributed by atoms with Gasteiger partial charge in [-0.2, -0.15) is 0 Å². The molecule has 0 heterocycles. The molecule has 1 fully saturated rings. The summed E-state index contributed by atoms with van der Waals surface area (Å²) >= 11 is 0. The van der Waals surface area contributed by atoms with Gasteiger partial charge < -0.3 is 16.0 Å². The van der Waals surface area contributed by atoms with Crippen molar-refractivity contribution in [2.75, 3.05) is 19.6 Å². The largest absolute Gasteiger partial charge is 0.357 e. The second kappa shape index (κ2) is 9.49. The number of hydrogen-bond acceptors (Lipinski definition) is 2. The summed E-state index contributed by atoms with van der Waals surface area (Å²) in [6, 6.07) is 0.552. The lowest BCUT2D eigenvalue weighted by molar-refractivity contribution is -0.119. The highest BCUT2D eigenvalue weighted by atomic mass is 127. The van der Waals surface area contributed by atoms with E-state index in [0.717, 1.165) is 25.5 Å². The molecular formula is C11H23IN4O. The Balaban J connectivity index is 0.00000256. The van der Waals surface area contributed by atoms with E-state index in [1.165, 1.54) is 12.8 Å². The van der Waals surface area contributed by atoms with E-state index in [2.05, 4.69) is 20.9 Å². The maximum Gasteiger partial charge on any atom is 0.241 e. The zero-order valence-corrected chi connectivity index (χ0v) is 12.9. The van der Waals surface area contributed by atoms with E-state index in [0.29, 0.717) is 6.04 Å². The van der Waals surface area contributed by atoms with Crippen molar-refractivity contribution in [1.29, 1.82) is 0 Å². The SMILES string of the molecule is CCCNC(=O)CN=C(NCC)NC1CC1.I. The molecular weight excluding hydrogens is 331 g/mol. The van der Waals surface area contributed by atoms with Gasteiger partial charge in [-0.3, -0.25) is 4.79 Å². The Morgan fingerprint density at radius 1 is 1.29 bits per heavy atom. The van der Waals surface area contributed by atoms with Gasteiger partial charge in [0.25, 0.3) is 0 Å². The molecule has 1 rings (SSSR count). The van der Waals surface area contributed by atoms with Gasteiger partial charge in [-0.15, -0.1) is 24.0 Å². The molecule has 0 aromatic carbocycles. The molecule has 0 bridgehead atoms. The van der Waals surface area contributed by atoms with Crippen molar-refractivity contribution in [2.45, 2.75) is 39.2 Å². The van der Waals surface area contributed by atoms with Crippen LogP contribution in [-0.4, -0.2) is 37.5 Å². The van der Waals surface area contributed by atoms with E-state index < -0.39 is 0 Å². The zero-order chi connectivity index (χ0) is 11.8. The molecule has 0 atom stereocenters. The maximum absolute atomic E-state index is 11.3. The molecule has 0 aromatic rings. The van der Waals surface area contributed by atoms with Gasteiger partial charge in [0.05, 0.1) is 0 Å². The molecule has 100 valence electrons. The molecule has 6 heteroatoms. The molecule has 1 amide bonds. The number of amides is 1. The van der Waals surface area contributed by atoms with Crippen molar-refractivity contribution in [1.82, 2.24) is 16.0 Å². The number of rotatable bonds is 6. The Morgan fingerprint density at radius 3 is 2.53 bits per heavy atom. The molecule has 1 aliphatic rings. The quantitative estimate of drug-likeness (QED) is 0.376. The molecule has 1 saturated carbocycles. The highest BCUT2D eigenvalue weighted by Crippen LogP contribution is 2.18. The van der Waals surface area contributed by atoms with Crippen molar-refractivity contribution >= 4 is 35.8 Å². The van der Waals surface area contributed by atoms with E-state index in [1.807, 2.05) is 13.8 Å². The Hall–Kier alpha value is -0.530. The second-order valence-corrected chi connectivity index (χ2v) is 3.96. The van der Waals surface area contributed by atoms with Gasteiger partial charge in [-0.1, -0.05) is 6.92 Å². The Morgan fingerprint density at radius 2 is 2.00 bits per heavy atom. The lowest BCUT2D eigenvalue weighted by Gasteiger charge is -2.09. The first-order chi connectivity index (χ1) is 7.76. The molecule has 17 heavy (non-hydrogen) atoms. The number of guanidine groups is 1. The number of carbonyl (C=O) groups is 1. The van der Waals surface area contributed by atoms with Gasteiger partial charge in [0.1, 0.15) is 6.54 Å². The van der Waals surface area contributed by atoms with Crippen LogP contribution >= 0.6 is 24.0 Å². The van der Waals surface area contributed by atoms with Gasteiger partial charge in [0, 0.05) is 19.1 Å². The average Bonchev–Trinajstić information content (AvgIpc) is 3.07. The van der Waals surface area contributed by atoms with E-state index in [9.17, 15) is 4.79 Å². The summed E-state index contributed by atoms with van der Waals surface area (Å²) in [6.07, 6.45) is 3.36. The first-order valence-electron chi connectivity index (χ1n) is 6.07. The molecule has 0 aliphatic heterocycles. The molecule has 0 unspecified atom stereocenters. The van der Waals surface area contributed by atoms with Crippen molar-refractivity contribution in [3.8, 4) is 0 Å². The van der Waals surface area contributed by atoms with Crippen LogP contribution in [0.5, 0.6) is 0 Å². The third-order valence-corrected chi connectivity index (χ3v) is 2.22. The van der Waals surface area contributed by atoms with Crippen LogP contribution in [0.1, 0.15) is 33.1 Å². The second-order valence-electron chi connectivity index (χ2n) is 3.96. The molecule has 0 spiro atoms. The first kappa shape index (κ1) is 16.5. The number of nitrogens with zero attached hydrogens (tertiary/aromatic N) is 1. The normalized spacial score (nSPS) is 14.8. The molecule has 1 aliphatic carbocycles. The highest BCUT2D eigenvalue weighted by molar-refractivity contribution is 14.0. The molecule has 5 nitrogen and oxygen atoms in total. The summed E-state index contributed by atoms with van der Waals surface area (Å²) in [5.41, 5.74) is 0. The van der Waals surface area contributed by atoms with E-state index in [-0.39, 0.29) is 36.4 Å². The maximum atomic E-state index is 11.3. The van der Waals surface area contributed by atoms with Gasteiger partial charge in [0.15, 0.2) is 5.96 Å². The fourth-order valence-corrected chi connectivity index (χ4v) is 1.21. The minimum atomic E-state index is -0.0187. The third-order valence-electron chi connectivity index (χ3n) is 2.22. The lowest BCUT2D eigenvalue weighted by atomic mass is 10.4. The van der Waals surface area contributed by atoms with Crippen LogP contribution in [0.2, 0.25) is 0 Å². The molecule has 0 saturated heterocycles. The lowest BCUT2D eigenvalue weighted by Crippen LogP contribution is -2.39. The number of carbonyl (C=O) groups excluding carboxylic acids is 1. The van der Waals surface area contributed by atoms with Crippen LogP contribution in [0, 0.1) is 0 Å².